The maximum atomic E-state index is 11.7. The SMILES string of the molecule is O=C1OCCC1Sc1nc(-c2ccccc2)c(-c2ccccc2)o1. The molecule has 2 heterocycles. The number of nitrogens with zero attached hydrogens (tertiary/aromatic N) is 1. The van der Waals surface area contributed by atoms with Crippen LogP contribution in [0.25, 0.3) is 22.6 Å². The van der Waals surface area contributed by atoms with Crippen LogP contribution in [0, 0.1) is 0 Å². The Bertz CT molecular complexity index is 789. The zero-order valence-corrected chi connectivity index (χ0v) is 13.7. The second-order valence-corrected chi connectivity index (χ2v) is 6.61. The lowest BCUT2D eigenvalue weighted by atomic mass is 10.1. The van der Waals surface area contributed by atoms with Gasteiger partial charge < -0.3 is 9.15 Å². The van der Waals surface area contributed by atoms with Crippen LogP contribution in [-0.2, 0) is 9.53 Å². The Morgan fingerprint density at radius 2 is 1.62 bits per heavy atom. The Kier molecular flexibility index (Phi) is 4.09. The van der Waals surface area contributed by atoms with E-state index in [0.29, 0.717) is 18.3 Å². The van der Waals surface area contributed by atoms with Gasteiger partial charge in [-0.1, -0.05) is 72.4 Å². The number of thioether (sulfide) groups is 1. The van der Waals surface area contributed by atoms with Gasteiger partial charge in [-0.2, -0.15) is 0 Å². The summed E-state index contributed by atoms with van der Waals surface area (Å²) in [7, 11) is 0. The Balaban J connectivity index is 1.75. The van der Waals surface area contributed by atoms with Crippen LogP contribution in [0.15, 0.2) is 70.3 Å². The zero-order valence-electron chi connectivity index (χ0n) is 12.8. The van der Waals surface area contributed by atoms with Gasteiger partial charge in [-0.3, -0.25) is 4.79 Å². The van der Waals surface area contributed by atoms with E-state index in [-0.39, 0.29) is 11.2 Å². The first-order valence-electron chi connectivity index (χ1n) is 7.76. The average molecular weight is 337 g/mol. The van der Waals surface area contributed by atoms with Crippen molar-refractivity contribution in [3.05, 3.63) is 60.7 Å². The van der Waals surface area contributed by atoms with Crippen LogP contribution in [-0.4, -0.2) is 22.8 Å². The summed E-state index contributed by atoms with van der Waals surface area (Å²) in [6.45, 7) is 0.467. The summed E-state index contributed by atoms with van der Waals surface area (Å²) in [6.07, 6.45) is 0.688. The number of rotatable bonds is 4. The van der Waals surface area contributed by atoms with E-state index in [2.05, 4.69) is 4.98 Å². The van der Waals surface area contributed by atoms with E-state index in [1.807, 2.05) is 60.7 Å². The average Bonchev–Trinajstić information content (AvgIpc) is 3.24. The number of oxazole rings is 1. The Labute approximate surface area is 143 Å². The van der Waals surface area contributed by atoms with Crippen LogP contribution in [0.5, 0.6) is 0 Å². The van der Waals surface area contributed by atoms with Crippen molar-refractivity contribution in [3.8, 4) is 22.6 Å². The summed E-state index contributed by atoms with van der Waals surface area (Å²) in [5.41, 5.74) is 2.74. The molecule has 1 saturated heterocycles. The fourth-order valence-corrected chi connectivity index (χ4v) is 3.53. The summed E-state index contributed by atoms with van der Waals surface area (Å²) in [6, 6.07) is 19.8. The molecule has 1 unspecified atom stereocenters. The molecular formula is C19H15NO3S. The minimum atomic E-state index is -0.240. The molecule has 0 radical (unpaired) electrons. The largest absolute Gasteiger partial charge is 0.465 e. The second-order valence-electron chi connectivity index (χ2n) is 5.45. The number of carbonyl (C=O) groups excluding carboxylic acids is 1. The lowest BCUT2D eigenvalue weighted by Gasteiger charge is -2.01. The molecule has 120 valence electrons. The summed E-state index contributed by atoms with van der Waals surface area (Å²) >= 11 is 1.33. The van der Waals surface area contributed by atoms with Crippen molar-refractivity contribution in [3.63, 3.8) is 0 Å². The fourth-order valence-electron chi connectivity index (χ4n) is 2.63. The molecule has 2 aromatic carbocycles. The van der Waals surface area contributed by atoms with E-state index >= 15 is 0 Å². The van der Waals surface area contributed by atoms with Gasteiger partial charge in [0.15, 0.2) is 5.76 Å². The first kappa shape index (κ1) is 15.0. The van der Waals surface area contributed by atoms with Crippen LogP contribution in [0.4, 0.5) is 0 Å². The molecule has 1 aliphatic heterocycles. The smallest absolute Gasteiger partial charge is 0.319 e. The van der Waals surface area contributed by atoms with Gasteiger partial charge in [0.25, 0.3) is 5.22 Å². The number of hydrogen-bond donors (Lipinski definition) is 0. The number of esters is 1. The molecule has 0 amide bonds. The normalized spacial score (nSPS) is 17.0. The summed E-state index contributed by atoms with van der Waals surface area (Å²) in [5.74, 6) is 0.524. The quantitative estimate of drug-likeness (QED) is 0.660. The lowest BCUT2D eigenvalue weighted by Crippen LogP contribution is -2.09. The minimum Gasteiger partial charge on any atom is -0.465 e. The molecule has 0 saturated carbocycles. The first-order valence-corrected chi connectivity index (χ1v) is 8.64. The number of benzene rings is 2. The molecule has 0 aliphatic carbocycles. The fraction of sp³-hybridized carbons (Fsp3) is 0.158. The Morgan fingerprint density at radius 1 is 0.958 bits per heavy atom. The monoisotopic (exact) mass is 337 g/mol. The van der Waals surface area contributed by atoms with E-state index in [9.17, 15) is 4.79 Å². The van der Waals surface area contributed by atoms with Crippen molar-refractivity contribution in [1.29, 1.82) is 0 Å². The topological polar surface area (TPSA) is 52.3 Å². The second kappa shape index (κ2) is 6.53. The van der Waals surface area contributed by atoms with Crippen molar-refractivity contribution in [2.24, 2.45) is 0 Å². The van der Waals surface area contributed by atoms with Crippen molar-refractivity contribution in [2.45, 2.75) is 16.9 Å². The molecule has 4 rings (SSSR count). The number of carbonyl (C=O) groups is 1. The maximum Gasteiger partial charge on any atom is 0.319 e. The molecule has 0 N–H and O–H groups in total. The van der Waals surface area contributed by atoms with Crippen molar-refractivity contribution >= 4 is 17.7 Å². The highest BCUT2D eigenvalue weighted by Crippen LogP contribution is 2.38. The molecule has 5 heteroatoms. The van der Waals surface area contributed by atoms with Gasteiger partial charge in [0.1, 0.15) is 10.9 Å². The summed E-state index contributed by atoms with van der Waals surface area (Å²) in [5, 5.41) is 0.257. The highest BCUT2D eigenvalue weighted by atomic mass is 32.2. The molecule has 1 atom stereocenters. The Morgan fingerprint density at radius 3 is 2.25 bits per heavy atom. The van der Waals surface area contributed by atoms with Crippen LogP contribution >= 0.6 is 11.8 Å². The molecule has 1 aromatic heterocycles. The standard InChI is InChI=1S/C19H15NO3S/c21-18-15(11-12-22-18)24-19-20-16(13-7-3-1-4-8-13)17(23-19)14-9-5-2-6-10-14/h1-10,15H,11-12H2. The summed E-state index contributed by atoms with van der Waals surface area (Å²) < 4.78 is 11.0. The van der Waals surface area contributed by atoms with Crippen LogP contribution in [0.2, 0.25) is 0 Å². The van der Waals surface area contributed by atoms with Gasteiger partial charge in [-0.05, 0) is 0 Å². The third-order valence-electron chi connectivity index (χ3n) is 3.82. The van der Waals surface area contributed by atoms with Gasteiger partial charge in [-0.15, -0.1) is 0 Å². The highest BCUT2D eigenvalue weighted by molar-refractivity contribution is 8.00. The van der Waals surface area contributed by atoms with Crippen molar-refractivity contribution in [2.75, 3.05) is 6.61 Å². The number of cyclic esters (lactones) is 1. The Hall–Kier alpha value is -2.53. The summed E-state index contributed by atoms with van der Waals surface area (Å²) in [4.78, 5) is 16.3. The molecule has 0 spiro atoms. The molecule has 4 nitrogen and oxygen atoms in total. The van der Waals surface area contributed by atoms with Gasteiger partial charge >= 0.3 is 5.97 Å². The molecular weight excluding hydrogens is 322 g/mol. The number of ether oxygens (including phenoxy) is 1. The molecule has 24 heavy (non-hydrogen) atoms. The van der Waals surface area contributed by atoms with Crippen LogP contribution in [0.3, 0.4) is 0 Å². The predicted octanol–water partition coefficient (Wildman–Crippen LogP) is 4.42. The highest BCUT2D eigenvalue weighted by Gasteiger charge is 2.30. The molecule has 3 aromatic rings. The van der Waals surface area contributed by atoms with Crippen molar-refractivity contribution < 1.29 is 13.9 Å². The van der Waals surface area contributed by atoms with Crippen LogP contribution in [0.1, 0.15) is 6.42 Å². The number of hydrogen-bond acceptors (Lipinski definition) is 5. The van der Waals surface area contributed by atoms with Crippen LogP contribution < -0.4 is 0 Å². The molecule has 0 bridgehead atoms. The van der Waals surface area contributed by atoms with Gasteiger partial charge in [0.05, 0.1) is 6.61 Å². The first-order chi connectivity index (χ1) is 11.8. The maximum absolute atomic E-state index is 11.7. The van der Waals surface area contributed by atoms with E-state index in [4.69, 9.17) is 9.15 Å². The third kappa shape index (κ3) is 2.95. The van der Waals surface area contributed by atoms with E-state index in [1.165, 1.54) is 11.8 Å². The molecule has 1 fully saturated rings. The lowest BCUT2D eigenvalue weighted by molar-refractivity contribution is -0.137. The zero-order chi connectivity index (χ0) is 16.4. The number of aromatic nitrogens is 1. The molecule has 1 aliphatic rings. The predicted molar refractivity (Wildman–Crippen MR) is 92.6 cm³/mol. The van der Waals surface area contributed by atoms with E-state index < -0.39 is 0 Å². The van der Waals surface area contributed by atoms with Gasteiger partial charge in [-0.25, -0.2) is 4.98 Å². The van der Waals surface area contributed by atoms with E-state index in [1.54, 1.807) is 0 Å². The minimum absolute atomic E-state index is 0.194. The van der Waals surface area contributed by atoms with Gasteiger partial charge in [0, 0.05) is 17.5 Å². The van der Waals surface area contributed by atoms with E-state index in [0.717, 1.165) is 22.6 Å². The van der Waals surface area contributed by atoms with Gasteiger partial charge in [0.2, 0.25) is 0 Å². The van der Waals surface area contributed by atoms with Crippen molar-refractivity contribution in [1.82, 2.24) is 4.98 Å². The third-order valence-corrected chi connectivity index (χ3v) is 4.91.